The number of aromatic nitrogens is 4. The van der Waals surface area contributed by atoms with Gasteiger partial charge in [-0.2, -0.15) is 0 Å². The zero-order chi connectivity index (χ0) is 12.7. The van der Waals surface area contributed by atoms with E-state index in [2.05, 4.69) is 26.9 Å². The third-order valence-electron chi connectivity index (χ3n) is 2.95. The first-order valence-electron chi connectivity index (χ1n) is 5.85. The number of carbonyl (C=O) groups is 1. The highest BCUT2D eigenvalue weighted by molar-refractivity contribution is 6.13. The first-order chi connectivity index (χ1) is 8.70. The molecule has 0 aliphatic carbocycles. The van der Waals surface area contributed by atoms with Gasteiger partial charge in [-0.3, -0.25) is 4.79 Å². The van der Waals surface area contributed by atoms with Crippen LogP contribution in [0.4, 0.5) is 0 Å². The summed E-state index contributed by atoms with van der Waals surface area (Å²) in [4.78, 5) is 26.3. The van der Waals surface area contributed by atoms with Crippen LogP contribution in [0.1, 0.15) is 29.5 Å². The van der Waals surface area contributed by atoms with Crippen LogP contribution >= 0.6 is 0 Å². The molecule has 3 rings (SSSR count). The van der Waals surface area contributed by atoms with Gasteiger partial charge in [0, 0.05) is 12.6 Å². The molecule has 3 heterocycles. The Balaban J connectivity index is 2.35. The minimum Gasteiger partial charge on any atom is -0.366 e. The van der Waals surface area contributed by atoms with E-state index in [0.717, 1.165) is 29.7 Å². The number of aromatic amines is 2. The Morgan fingerprint density at radius 2 is 2.33 bits per heavy atom. The summed E-state index contributed by atoms with van der Waals surface area (Å²) < 4.78 is 0. The molecule has 0 atom stereocenters. The second-order valence-electron chi connectivity index (χ2n) is 4.24. The molecule has 0 bridgehead atoms. The van der Waals surface area contributed by atoms with Gasteiger partial charge < -0.3 is 15.7 Å². The van der Waals surface area contributed by atoms with Crippen LogP contribution < -0.4 is 5.73 Å². The van der Waals surface area contributed by atoms with Crippen molar-refractivity contribution in [1.29, 1.82) is 0 Å². The van der Waals surface area contributed by atoms with E-state index >= 15 is 0 Å². The van der Waals surface area contributed by atoms with Crippen LogP contribution in [0, 0.1) is 0 Å². The number of fused-ring (bicyclic) bond motifs is 3. The molecule has 92 valence electrons. The number of aryl methyl sites for hydroxylation is 1. The monoisotopic (exact) mass is 243 g/mol. The van der Waals surface area contributed by atoms with Crippen molar-refractivity contribution in [2.24, 2.45) is 5.73 Å². The van der Waals surface area contributed by atoms with Gasteiger partial charge in [-0.1, -0.05) is 6.92 Å². The van der Waals surface area contributed by atoms with Gasteiger partial charge in [0.15, 0.2) is 0 Å². The average Bonchev–Trinajstić information content (AvgIpc) is 2.90. The summed E-state index contributed by atoms with van der Waals surface area (Å²) >= 11 is 0. The van der Waals surface area contributed by atoms with Crippen molar-refractivity contribution in [2.45, 2.75) is 19.8 Å². The predicted octanol–water partition coefficient (Wildman–Crippen LogP) is 1.49. The summed E-state index contributed by atoms with van der Waals surface area (Å²) in [6, 6.07) is 0. The molecule has 1 amide bonds. The molecule has 0 unspecified atom stereocenters. The number of imidazole rings is 1. The third-order valence-corrected chi connectivity index (χ3v) is 2.95. The normalized spacial score (nSPS) is 11.4. The predicted molar refractivity (Wildman–Crippen MR) is 68.3 cm³/mol. The van der Waals surface area contributed by atoms with Gasteiger partial charge in [0.1, 0.15) is 17.0 Å². The van der Waals surface area contributed by atoms with Crippen LogP contribution in [0.3, 0.4) is 0 Å². The molecule has 18 heavy (non-hydrogen) atoms. The maximum atomic E-state index is 11.4. The number of H-pyrrole nitrogens is 2. The summed E-state index contributed by atoms with van der Waals surface area (Å²) in [5, 5.41) is 0.693. The Morgan fingerprint density at radius 3 is 3.06 bits per heavy atom. The van der Waals surface area contributed by atoms with Crippen LogP contribution in [-0.4, -0.2) is 25.8 Å². The molecule has 4 N–H and O–H groups in total. The zero-order valence-corrected chi connectivity index (χ0v) is 9.95. The van der Waals surface area contributed by atoms with Gasteiger partial charge in [0.05, 0.1) is 22.7 Å². The number of hydrogen-bond donors (Lipinski definition) is 3. The van der Waals surface area contributed by atoms with E-state index in [0.29, 0.717) is 16.6 Å². The van der Waals surface area contributed by atoms with Crippen molar-refractivity contribution >= 4 is 28.0 Å². The molecule has 3 aromatic heterocycles. The fourth-order valence-electron chi connectivity index (χ4n) is 2.15. The Morgan fingerprint density at radius 1 is 1.50 bits per heavy atom. The summed E-state index contributed by atoms with van der Waals surface area (Å²) in [7, 11) is 0. The van der Waals surface area contributed by atoms with Crippen molar-refractivity contribution in [3.05, 3.63) is 23.8 Å². The number of amides is 1. The number of pyridine rings is 1. The van der Waals surface area contributed by atoms with Crippen LogP contribution in [0.25, 0.3) is 22.1 Å². The van der Waals surface area contributed by atoms with E-state index in [1.165, 1.54) is 0 Å². The standard InChI is InChI=1S/C12H13N5O/c1-2-3-8-16-7-5-15-12-9(10(7)17-8)6(4-14-12)11(13)18/h4-5H,2-3H2,1H3,(H2,13,18)(H,14,15)(H,16,17). The van der Waals surface area contributed by atoms with E-state index < -0.39 is 5.91 Å². The number of rotatable bonds is 3. The minimum absolute atomic E-state index is 0.428. The van der Waals surface area contributed by atoms with Gasteiger partial charge in [-0.05, 0) is 6.42 Å². The summed E-state index contributed by atoms with van der Waals surface area (Å²) in [6.07, 6.45) is 5.16. The molecule has 0 aliphatic heterocycles. The molecule has 0 aliphatic rings. The fourth-order valence-corrected chi connectivity index (χ4v) is 2.15. The maximum absolute atomic E-state index is 11.4. The topological polar surface area (TPSA) is 100 Å². The lowest BCUT2D eigenvalue weighted by molar-refractivity contribution is 0.100. The SMILES string of the molecule is CCCc1nc2c(cnc3[nH]cc(C(N)=O)c32)[nH]1. The minimum atomic E-state index is -0.476. The average molecular weight is 243 g/mol. The summed E-state index contributed by atoms with van der Waals surface area (Å²) in [5.74, 6) is 0.425. The zero-order valence-electron chi connectivity index (χ0n) is 9.95. The number of hydrogen-bond acceptors (Lipinski definition) is 3. The van der Waals surface area contributed by atoms with Crippen molar-refractivity contribution < 1.29 is 4.79 Å². The van der Waals surface area contributed by atoms with E-state index in [1.807, 2.05) is 0 Å². The molecule has 0 saturated carbocycles. The Bertz CT molecular complexity index is 739. The molecule has 0 radical (unpaired) electrons. The van der Waals surface area contributed by atoms with Crippen molar-refractivity contribution in [1.82, 2.24) is 19.9 Å². The van der Waals surface area contributed by atoms with Crippen LogP contribution in [0.2, 0.25) is 0 Å². The number of nitrogens with two attached hydrogens (primary N) is 1. The second kappa shape index (κ2) is 3.83. The molecule has 0 fully saturated rings. The Hall–Kier alpha value is -2.37. The van der Waals surface area contributed by atoms with Crippen LogP contribution in [-0.2, 0) is 6.42 Å². The molecule has 0 spiro atoms. The van der Waals surface area contributed by atoms with E-state index in [-0.39, 0.29) is 0 Å². The lowest BCUT2D eigenvalue weighted by Crippen LogP contribution is -2.10. The highest BCUT2D eigenvalue weighted by Crippen LogP contribution is 2.24. The lowest BCUT2D eigenvalue weighted by atomic mass is 10.2. The van der Waals surface area contributed by atoms with E-state index in [1.54, 1.807) is 12.4 Å². The van der Waals surface area contributed by atoms with E-state index in [9.17, 15) is 4.79 Å². The highest BCUT2D eigenvalue weighted by atomic mass is 16.1. The van der Waals surface area contributed by atoms with Gasteiger partial charge in [-0.15, -0.1) is 0 Å². The number of nitrogens with zero attached hydrogens (tertiary/aromatic N) is 2. The second-order valence-corrected chi connectivity index (χ2v) is 4.24. The fraction of sp³-hybridized carbons (Fsp3) is 0.250. The first kappa shape index (κ1) is 10.8. The molecular weight excluding hydrogens is 230 g/mol. The summed E-state index contributed by atoms with van der Waals surface area (Å²) in [5.41, 5.74) is 7.99. The Kier molecular flexibility index (Phi) is 2.29. The molecule has 0 aromatic carbocycles. The smallest absolute Gasteiger partial charge is 0.251 e. The number of nitrogens with one attached hydrogen (secondary N) is 2. The number of carbonyl (C=O) groups excluding carboxylic acids is 1. The molecule has 6 heteroatoms. The van der Waals surface area contributed by atoms with Crippen LogP contribution in [0.5, 0.6) is 0 Å². The van der Waals surface area contributed by atoms with E-state index in [4.69, 9.17) is 5.73 Å². The summed E-state index contributed by atoms with van der Waals surface area (Å²) in [6.45, 7) is 2.09. The lowest BCUT2D eigenvalue weighted by Gasteiger charge is -1.93. The van der Waals surface area contributed by atoms with Gasteiger partial charge >= 0.3 is 0 Å². The van der Waals surface area contributed by atoms with Crippen LogP contribution in [0.15, 0.2) is 12.4 Å². The number of primary amides is 1. The molecule has 3 aromatic rings. The molecule has 0 saturated heterocycles. The maximum Gasteiger partial charge on any atom is 0.251 e. The molecular formula is C12H13N5O. The Labute approximate surface area is 103 Å². The van der Waals surface area contributed by atoms with Gasteiger partial charge in [0.25, 0.3) is 5.91 Å². The van der Waals surface area contributed by atoms with Crippen molar-refractivity contribution in [2.75, 3.05) is 0 Å². The van der Waals surface area contributed by atoms with Crippen molar-refractivity contribution in [3.8, 4) is 0 Å². The van der Waals surface area contributed by atoms with Gasteiger partial charge in [0.2, 0.25) is 0 Å². The highest BCUT2D eigenvalue weighted by Gasteiger charge is 2.15. The van der Waals surface area contributed by atoms with Crippen molar-refractivity contribution in [3.63, 3.8) is 0 Å². The quantitative estimate of drug-likeness (QED) is 0.649. The third kappa shape index (κ3) is 1.46. The van der Waals surface area contributed by atoms with Gasteiger partial charge in [-0.25, -0.2) is 9.97 Å². The first-order valence-corrected chi connectivity index (χ1v) is 5.85. The molecule has 6 nitrogen and oxygen atoms in total. The largest absolute Gasteiger partial charge is 0.366 e.